The van der Waals surface area contributed by atoms with Crippen LogP contribution in [0.1, 0.15) is 36.0 Å². The summed E-state index contributed by atoms with van der Waals surface area (Å²) in [5.41, 5.74) is 1.15. The van der Waals surface area contributed by atoms with Crippen molar-refractivity contribution in [2.75, 3.05) is 29.9 Å². The van der Waals surface area contributed by atoms with E-state index in [-0.39, 0.29) is 28.2 Å². The molecule has 1 fully saturated rings. The van der Waals surface area contributed by atoms with Gasteiger partial charge in [0.05, 0.1) is 18.4 Å². The molecule has 1 amide bonds. The minimum atomic E-state index is -0.582. The highest BCUT2D eigenvalue weighted by molar-refractivity contribution is 6.30. The third-order valence-corrected chi connectivity index (χ3v) is 5.75. The molecule has 1 saturated heterocycles. The Bertz CT molecular complexity index is 1370. The zero-order valence-electron chi connectivity index (χ0n) is 20.7. The molecule has 0 saturated carbocycles. The lowest BCUT2D eigenvalue weighted by atomic mass is 10.1. The van der Waals surface area contributed by atoms with E-state index in [0.29, 0.717) is 31.3 Å². The van der Waals surface area contributed by atoms with E-state index < -0.39 is 11.7 Å². The molecule has 9 nitrogen and oxygen atoms in total. The number of nitrogens with one attached hydrogen (secondary N) is 1. The Hall–Kier alpha value is -3.89. The largest absolute Gasteiger partial charge is 0.370 e. The van der Waals surface area contributed by atoms with Crippen LogP contribution in [0.4, 0.5) is 16.0 Å². The van der Waals surface area contributed by atoms with Crippen molar-refractivity contribution in [1.82, 2.24) is 24.7 Å². The van der Waals surface area contributed by atoms with Gasteiger partial charge in [-0.05, 0) is 30.3 Å². The number of amides is 1. The number of nitrogens with zero attached hydrogens (tertiary/aromatic N) is 6. The molecule has 5 rings (SSSR count). The Morgan fingerprint density at radius 2 is 2.03 bits per heavy atom. The predicted molar refractivity (Wildman–Crippen MR) is 140 cm³/mol. The van der Waals surface area contributed by atoms with E-state index in [1.54, 1.807) is 47.4 Å². The molecule has 0 radical (unpaired) electrons. The van der Waals surface area contributed by atoms with Crippen molar-refractivity contribution in [2.24, 2.45) is 7.05 Å². The highest BCUT2D eigenvalue weighted by Gasteiger charge is 2.26. The monoisotopic (exact) mass is 523 g/mol. The maximum atomic E-state index is 14.8. The van der Waals surface area contributed by atoms with Gasteiger partial charge >= 0.3 is 0 Å². The molecule has 0 spiro atoms. The number of hydrogen-bond donors (Lipinski definition) is 1. The van der Waals surface area contributed by atoms with Crippen LogP contribution in [0.15, 0.2) is 61.1 Å². The van der Waals surface area contributed by atoms with E-state index >= 15 is 0 Å². The van der Waals surface area contributed by atoms with Crippen LogP contribution in [-0.2, 0) is 11.8 Å². The molecule has 0 aliphatic carbocycles. The summed E-state index contributed by atoms with van der Waals surface area (Å²) in [6, 6.07) is 11.0. The third-order valence-electron chi connectivity index (χ3n) is 5.51. The smallest absolute Gasteiger partial charge is 0.275 e. The molecule has 1 aliphatic rings. The normalized spacial score (nSPS) is 15.1. The fourth-order valence-electron chi connectivity index (χ4n) is 3.79. The Kier molecular flexibility index (Phi) is 8.42. The van der Waals surface area contributed by atoms with Crippen LogP contribution in [0.3, 0.4) is 0 Å². The Morgan fingerprint density at radius 3 is 2.73 bits per heavy atom. The molecule has 0 bridgehead atoms. The minimum absolute atomic E-state index is 0.0762. The maximum Gasteiger partial charge on any atom is 0.275 e. The minimum Gasteiger partial charge on any atom is -0.370 e. The first-order valence-corrected chi connectivity index (χ1v) is 12.3. The van der Waals surface area contributed by atoms with Crippen LogP contribution >= 0.6 is 11.6 Å². The number of benzene rings is 1. The number of carbonyl (C=O) groups excluding carboxylic acids is 1. The molecule has 1 unspecified atom stereocenters. The molecule has 192 valence electrons. The van der Waals surface area contributed by atoms with Crippen molar-refractivity contribution < 1.29 is 13.9 Å². The van der Waals surface area contributed by atoms with Crippen molar-refractivity contribution in [1.29, 1.82) is 0 Å². The van der Waals surface area contributed by atoms with Gasteiger partial charge in [-0.1, -0.05) is 31.5 Å². The molecule has 11 heteroatoms. The van der Waals surface area contributed by atoms with Gasteiger partial charge in [0, 0.05) is 49.2 Å². The molecular formula is C26H27ClFN7O2. The lowest BCUT2D eigenvalue weighted by molar-refractivity contribution is 0.0395. The number of ether oxygens (including phenoxy) is 1. The summed E-state index contributed by atoms with van der Waals surface area (Å²) >= 11 is 5.92. The van der Waals surface area contributed by atoms with Crippen LogP contribution in [0.25, 0.3) is 11.4 Å². The highest BCUT2D eigenvalue weighted by atomic mass is 35.5. The topological polar surface area (TPSA) is 98.1 Å². The number of halogens is 2. The highest BCUT2D eigenvalue weighted by Crippen LogP contribution is 2.29. The number of anilines is 2. The number of aromatic nitrogens is 5. The van der Waals surface area contributed by atoms with Crippen molar-refractivity contribution in [3.8, 4) is 11.4 Å². The van der Waals surface area contributed by atoms with Crippen molar-refractivity contribution in [3.63, 3.8) is 0 Å². The van der Waals surface area contributed by atoms with Crippen molar-refractivity contribution in [3.05, 3.63) is 83.2 Å². The van der Waals surface area contributed by atoms with E-state index in [4.69, 9.17) is 16.3 Å². The van der Waals surface area contributed by atoms with Gasteiger partial charge in [0.15, 0.2) is 5.82 Å². The number of morpholine rings is 1. The van der Waals surface area contributed by atoms with Crippen LogP contribution in [-0.4, -0.2) is 50.3 Å². The summed E-state index contributed by atoms with van der Waals surface area (Å²) in [4.78, 5) is 28.1. The van der Waals surface area contributed by atoms with Gasteiger partial charge in [-0.3, -0.25) is 9.48 Å². The standard InChI is InChI=1S/C24H21ClFN7O2.C2H6/c1-32-13-15(12-28-32)20-14-33(8-9-35-20)22-11-19(24(34)30-21-4-2-3-7-27-21)29-23(31-22)17-6-5-16(25)10-18(17)26;1-2/h2-7,10-13,20H,8-9,14H2,1H3,(H,27,30,34);1-2H3. The predicted octanol–water partition coefficient (Wildman–Crippen LogP) is 4.92. The second-order valence-corrected chi connectivity index (χ2v) is 8.42. The van der Waals surface area contributed by atoms with Crippen LogP contribution < -0.4 is 10.2 Å². The van der Waals surface area contributed by atoms with Gasteiger partial charge in [-0.2, -0.15) is 5.10 Å². The molecule has 4 aromatic rings. The lowest BCUT2D eigenvalue weighted by Crippen LogP contribution is -2.39. The fraction of sp³-hybridized carbons (Fsp3) is 0.269. The summed E-state index contributed by atoms with van der Waals surface area (Å²) in [6.07, 6.45) is 5.00. The third kappa shape index (κ3) is 6.28. The Balaban J connectivity index is 0.00000156. The second kappa shape index (κ2) is 11.9. The summed E-state index contributed by atoms with van der Waals surface area (Å²) in [5.74, 6) is -0.138. The van der Waals surface area contributed by atoms with Gasteiger partial charge in [-0.25, -0.2) is 19.3 Å². The second-order valence-electron chi connectivity index (χ2n) is 7.98. The summed E-state index contributed by atoms with van der Waals surface area (Å²) in [6.45, 7) is 5.47. The quantitative estimate of drug-likeness (QED) is 0.396. The van der Waals surface area contributed by atoms with E-state index in [1.165, 1.54) is 12.1 Å². The maximum absolute atomic E-state index is 14.8. The number of aryl methyl sites for hydroxylation is 1. The molecule has 1 atom stereocenters. The molecule has 37 heavy (non-hydrogen) atoms. The summed E-state index contributed by atoms with van der Waals surface area (Å²) in [5, 5.41) is 7.19. The molecule has 3 aromatic heterocycles. The van der Waals surface area contributed by atoms with E-state index in [2.05, 4.69) is 25.4 Å². The zero-order valence-corrected chi connectivity index (χ0v) is 21.5. The van der Waals surface area contributed by atoms with Gasteiger partial charge < -0.3 is 15.0 Å². The molecule has 1 aliphatic heterocycles. The van der Waals surface area contributed by atoms with Gasteiger partial charge in [0.1, 0.15) is 29.3 Å². The van der Waals surface area contributed by atoms with Gasteiger partial charge in [0.25, 0.3) is 5.91 Å². The van der Waals surface area contributed by atoms with E-state index in [1.807, 2.05) is 32.0 Å². The fourth-order valence-corrected chi connectivity index (χ4v) is 3.95. The molecule has 1 N–H and O–H groups in total. The molecule has 4 heterocycles. The van der Waals surface area contributed by atoms with E-state index in [9.17, 15) is 9.18 Å². The first-order chi connectivity index (χ1) is 18.0. The number of hydrogen-bond acceptors (Lipinski definition) is 7. The summed E-state index contributed by atoms with van der Waals surface area (Å²) < 4.78 is 22.4. The number of pyridine rings is 1. The number of carbonyl (C=O) groups is 1. The lowest BCUT2D eigenvalue weighted by Gasteiger charge is -2.33. The van der Waals surface area contributed by atoms with E-state index in [0.717, 1.165) is 5.56 Å². The molecule has 1 aromatic carbocycles. The average molecular weight is 524 g/mol. The summed E-state index contributed by atoms with van der Waals surface area (Å²) in [7, 11) is 1.84. The number of rotatable bonds is 5. The van der Waals surface area contributed by atoms with Gasteiger partial charge in [0.2, 0.25) is 0 Å². The van der Waals surface area contributed by atoms with Gasteiger partial charge in [-0.15, -0.1) is 0 Å². The molecular weight excluding hydrogens is 497 g/mol. The van der Waals surface area contributed by atoms with Crippen molar-refractivity contribution in [2.45, 2.75) is 20.0 Å². The van der Waals surface area contributed by atoms with Crippen LogP contribution in [0, 0.1) is 5.82 Å². The zero-order chi connectivity index (χ0) is 26.4. The van der Waals surface area contributed by atoms with Crippen LogP contribution in [0.5, 0.6) is 0 Å². The average Bonchev–Trinajstić information content (AvgIpc) is 3.36. The first kappa shape index (κ1) is 26.2. The van der Waals surface area contributed by atoms with Crippen molar-refractivity contribution >= 4 is 29.1 Å². The first-order valence-electron chi connectivity index (χ1n) is 11.9. The Morgan fingerprint density at radius 1 is 1.19 bits per heavy atom. The Labute approximate surface area is 219 Å². The SMILES string of the molecule is CC.Cn1cc(C2CN(c3cc(C(=O)Nc4ccccn4)nc(-c4ccc(Cl)cc4F)n3)CCO2)cn1. The van der Waals surface area contributed by atoms with Crippen LogP contribution in [0.2, 0.25) is 5.02 Å².